The minimum atomic E-state index is -2.87. The van der Waals surface area contributed by atoms with Crippen molar-refractivity contribution < 1.29 is 28.3 Å². The fourth-order valence-electron chi connectivity index (χ4n) is 2.73. The van der Waals surface area contributed by atoms with Crippen molar-refractivity contribution in [3.63, 3.8) is 0 Å². The summed E-state index contributed by atoms with van der Waals surface area (Å²) in [4.78, 5) is 13.3. The van der Waals surface area contributed by atoms with E-state index >= 15 is 0 Å². The smallest absolute Gasteiger partial charge is 0.387 e. The van der Waals surface area contributed by atoms with Gasteiger partial charge in [-0.3, -0.25) is 4.79 Å². The lowest BCUT2D eigenvalue weighted by molar-refractivity contribution is -0.923. The largest absolute Gasteiger partial charge is 0.435 e. The Labute approximate surface area is 122 Å². The maximum Gasteiger partial charge on any atom is 0.387 e. The van der Waals surface area contributed by atoms with Gasteiger partial charge in [0.1, 0.15) is 18.3 Å². The van der Waals surface area contributed by atoms with Crippen LogP contribution in [0.1, 0.15) is 29.6 Å². The molecule has 2 N–H and O–H groups in total. The predicted molar refractivity (Wildman–Crippen MR) is 72.8 cm³/mol. The third-order valence-corrected chi connectivity index (χ3v) is 3.89. The number of aliphatic hydroxyl groups is 1. The number of hydrogen-bond acceptors (Lipinski definition) is 3. The molecule has 0 aromatic heterocycles. The fraction of sp³-hybridized carbons (Fsp3) is 0.533. The van der Waals surface area contributed by atoms with Crippen LogP contribution < -0.4 is 9.64 Å². The number of alkyl halides is 2. The van der Waals surface area contributed by atoms with Crippen LogP contribution in [0.25, 0.3) is 0 Å². The Morgan fingerprint density at radius 3 is 2.67 bits per heavy atom. The Bertz CT molecular complexity index is 464. The molecule has 1 aromatic rings. The quantitative estimate of drug-likeness (QED) is 0.768. The van der Waals surface area contributed by atoms with Crippen LogP contribution in [0.15, 0.2) is 24.3 Å². The summed E-state index contributed by atoms with van der Waals surface area (Å²) in [6.45, 7) is -1.58. The van der Waals surface area contributed by atoms with Gasteiger partial charge in [0.25, 0.3) is 0 Å². The molecule has 0 radical (unpaired) electrons. The molecule has 2 atom stereocenters. The number of hydrogen-bond donors (Lipinski definition) is 2. The molecule has 2 rings (SSSR count). The number of piperidine rings is 1. The molecule has 116 valence electrons. The average Bonchev–Trinajstić information content (AvgIpc) is 2.48. The second-order valence-corrected chi connectivity index (χ2v) is 5.29. The van der Waals surface area contributed by atoms with Gasteiger partial charge in [-0.1, -0.05) is 0 Å². The van der Waals surface area contributed by atoms with Crippen molar-refractivity contribution in [2.45, 2.75) is 31.9 Å². The number of ether oxygens (including phenoxy) is 1. The van der Waals surface area contributed by atoms with Crippen molar-refractivity contribution in [1.29, 1.82) is 0 Å². The Balaban J connectivity index is 1.96. The number of halogens is 2. The standard InChI is InChI=1S/C15H19F2NO3/c16-15(17)21-13-6-4-11(5-7-13)14(20)9-18-8-2-1-3-12(18)10-19/h4-7,12,15,19H,1-3,8-10H2/p+1/t12-/m0/s1. The zero-order valence-electron chi connectivity index (χ0n) is 11.7. The number of rotatable bonds is 6. The molecule has 4 nitrogen and oxygen atoms in total. The van der Waals surface area contributed by atoms with E-state index in [1.54, 1.807) is 0 Å². The number of aliphatic hydroxyl groups excluding tert-OH is 1. The number of benzene rings is 1. The van der Waals surface area contributed by atoms with Gasteiger partial charge in [0.15, 0.2) is 0 Å². The normalized spacial score (nSPS) is 22.3. The van der Waals surface area contributed by atoms with E-state index in [9.17, 15) is 18.7 Å². The van der Waals surface area contributed by atoms with Crippen molar-refractivity contribution in [3.8, 4) is 5.75 Å². The summed E-state index contributed by atoms with van der Waals surface area (Å²) in [6, 6.07) is 5.85. The first-order valence-corrected chi connectivity index (χ1v) is 7.13. The minimum absolute atomic E-state index is 0.0418. The van der Waals surface area contributed by atoms with Crippen molar-refractivity contribution in [1.82, 2.24) is 0 Å². The van der Waals surface area contributed by atoms with Crippen molar-refractivity contribution in [3.05, 3.63) is 29.8 Å². The Morgan fingerprint density at radius 2 is 2.05 bits per heavy atom. The molecule has 1 unspecified atom stereocenters. The van der Waals surface area contributed by atoms with Crippen LogP contribution in [0.2, 0.25) is 0 Å². The van der Waals surface area contributed by atoms with Crippen molar-refractivity contribution in [2.75, 3.05) is 19.7 Å². The first-order chi connectivity index (χ1) is 10.1. The summed E-state index contributed by atoms with van der Waals surface area (Å²) in [5.74, 6) is -0.00551. The van der Waals surface area contributed by atoms with E-state index < -0.39 is 6.61 Å². The van der Waals surface area contributed by atoms with E-state index in [0.717, 1.165) is 30.7 Å². The van der Waals surface area contributed by atoms with Gasteiger partial charge in [-0.25, -0.2) is 0 Å². The summed E-state index contributed by atoms with van der Waals surface area (Å²) in [7, 11) is 0. The van der Waals surface area contributed by atoms with Crippen molar-refractivity contribution in [2.24, 2.45) is 0 Å². The van der Waals surface area contributed by atoms with Gasteiger partial charge < -0.3 is 14.7 Å². The molecular weight excluding hydrogens is 280 g/mol. The highest BCUT2D eigenvalue weighted by atomic mass is 19.3. The highest BCUT2D eigenvalue weighted by Gasteiger charge is 2.27. The van der Waals surface area contributed by atoms with Gasteiger partial charge in [0.05, 0.1) is 13.2 Å². The van der Waals surface area contributed by atoms with Gasteiger partial charge in [-0.15, -0.1) is 0 Å². The molecule has 1 aliphatic rings. The molecule has 1 saturated heterocycles. The Morgan fingerprint density at radius 1 is 1.33 bits per heavy atom. The van der Waals surface area contributed by atoms with Crippen LogP contribution in [-0.4, -0.2) is 43.2 Å². The second-order valence-electron chi connectivity index (χ2n) is 5.29. The van der Waals surface area contributed by atoms with E-state index in [1.807, 2.05) is 0 Å². The van der Waals surface area contributed by atoms with Crippen LogP contribution in [-0.2, 0) is 0 Å². The molecular formula is C15H20F2NO3+. The van der Waals surface area contributed by atoms with Gasteiger partial charge in [0.2, 0.25) is 5.78 Å². The zero-order chi connectivity index (χ0) is 15.2. The number of quaternary nitrogens is 1. The van der Waals surface area contributed by atoms with E-state index in [0.29, 0.717) is 12.1 Å². The molecule has 0 spiro atoms. The van der Waals surface area contributed by atoms with E-state index in [2.05, 4.69) is 4.74 Å². The molecule has 0 bridgehead atoms. The molecule has 1 aromatic carbocycles. The molecule has 0 amide bonds. The molecule has 21 heavy (non-hydrogen) atoms. The number of carbonyl (C=O) groups excluding carboxylic acids is 1. The molecule has 6 heteroatoms. The maximum absolute atomic E-state index is 12.2. The van der Waals surface area contributed by atoms with Gasteiger partial charge in [-0.2, -0.15) is 8.78 Å². The number of Topliss-reactive ketones (excluding diaryl/α,β-unsaturated/α-hetero) is 1. The van der Waals surface area contributed by atoms with Crippen LogP contribution in [0.3, 0.4) is 0 Å². The SMILES string of the molecule is O=C(C[NH+]1CCCC[C@H]1CO)c1ccc(OC(F)F)cc1. The molecule has 0 aliphatic carbocycles. The van der Waals surface area contributed by atoms with E-state index in [-0.39, 0.29) is 24.2 Å². The summed E-state index contributed by atoms with van der Waals surface area (Å²) in [5.41, 5.74) is 0.478. The van der Waals surface area contributed by atoms with E-state index in [1.165, 1.54) is 24.3 Å². The average molecular weight is 300 g/mol. The number of nitrogens with one attached hydrogen (secondary N) is 1. The monoisotopic (exact) mass is 300 g/mol. The summed E-state index contributed by atoms with van der Waals surface area (Å²) in [5, 5.41) is 9.35. The topological polar surface area (TPSA) is 51.0 Å². The lowest BCUT2D eigenvalue weighted by Crippen LogP contribution is -3.17. The van der Waals surface area contributed by atoms with Crippen LogP contribution in [0.5, 0.6) is 5.75 Å². The molecule has 1 aliphatic heterocycles. The lowest BCUT2D eigenvalue weighted by atomic mass is 10.0. The Hall–Kier alpha value is -1.53. The van der Waals surface area contributed by atoms with Gasteiger partial charge >= 0.3 is 6.61 Å². The molecule has 1 heterocycles. The lowest BCUT2D eigenvalue weighted by Gasteiger charge is -2.30. The first kappa shape index (κ1) is 15.9. The van der Waals surface area contributed by atoms with Gasteiger partial charge in [0, 0.05) is 12.0 Å². The highest BCUT2D eigenvalue weighted by Crippen LogP contribution is 2.15. The summed E-state index contributed by atoms with van der Waals surface area (Å²) in [6.07, 6.45) is 3.07. The third-order valence-electron chi connectivity index (χ3n) is 3.89. The van der Waals surface area contributed by atoms with Crippen molar-refractivity contribution >= 4 is 5.78 Å². The predicted octanol–water partition coefficient (Wildman–Crippen LogP) is 0.900. The van der Waals surface area contributed by atoms with Crippen LogP contribution in [0.4, 0.5) is 8.78 Å². The maximum atomic E-state index is 12.2. The number of ketones is 1. The first-order valence-electron chi connectivity index (χ1n) is 7.13. The second kappa shape index (κ2) is 7.47. The molecule has 1 fully saturated rings. The zero-order valence-corrected chi connectivity index (χ0v) is 11.7. The van der Waals surface area contributed by atoms with Crippen LogP contribution in [0, 0.1) is 0 Å². The summed E-state index contributed by atoms with van der Waals surface area (Å²) >= 11 is 0. The van der Waals surface area contributed by atoms with Crippen LogP contribution >= 0.6 is 0 Å². The van der Waals surface area contributed by atoms with E-state index in [4.69, 9.17) is 0 Å². The number of carbonyl (C=O) groups is 1. The summed E-state index contributed by atoms with van der Waals surface area (Å²) < 4.78 is 28.4. The fourth-order valence-corrected chi connectivity index (χ4v) is 2.73. The Kier molecular flexibility index (Phi) is 5.64. The number of likely N-dealkylation sites (tertiary alicyclic amines) is 1. The highest BCUT2D eigenvalue weighted by molar-refractivity contribution is 5.96. The van der Waals surface area contributed by atoms with Gasteiger partial charge in [-0.05, 0) is 37.1 Å². The molecule has 0 saturated carbocycles. The minimum Gasteiger partial charge on any atom is -0.435 e. The third kappa shape index (κ3) is 4.47.